The molecule has 6 aromatic carbocycles. The summed E-state index contributed by atoms with van der Waals surface area (Å²) in [5, 5.41) is 0. The Morgan fingerprint density at radius 2 is 0.836 bits per heavy atom. The number of nitrogens with one attached hydrogen (secondary N) is 2. The number of nitrogens with zero attached hydrogens (tertiary/aromatic N) is 4. The van der Waals surface area contributed by atoms with E-state index in [1.54, 1.807) is 0 Å². The Kier molecular flexibility index (Phi) is 7.61. The van der Waals surface area contributed by atoms with Crippen LogP contribution in [0.25, 0.3) is 44.8 Å². The lowest BCUT2D eigenvalue weighted by Crippen LogP contribution is -2.46. The fourth-order valence-corrected chi connectivity index (χ4v) is 7.76. The molecule has 55 heavy (non-hydrogen) atoms. The van der Waals surface area contributed by atoms with E-state index in [0.717, 1.165) is 86.9 Å². The molecule has 2 aromatic heterocycles. The minimum absolute atomic E-state index is 0.849. The zero-order chi connectivity index (χ0) is 37.2. The molecule has 2 aliphatic heterocycles. The molecule has 0 saturated heterocycles. The molecule has 2 bridgehead atoms. The third-order valence-corrected chi connectivity index (χ3v) is 11.1. The van der Waals surface area contributed by atoms with E-state index >= 15 is 0 Å². The Balaban J connectivity index is 0.823. The highest BCUT2D eigenvalue weighted by Gasteiger charge is 2.29. The molecule has 2 N–H and O–H groups in total. The minimum Gasteiger partial charge on any atom is -0.349 e. The number of imidazole rings is 2. The van der Waals surface area contributed by atoms with E-state index in [-0.39, 0.29) is 0 Å². The van der Waals surface area contributed by atoms with Crippen molar-refractivity contribution in [1.82, 2.24) is 19.9 Å². The van der Waals surface area contributed by atoms with Gasteiger partial charge in [-0.1, -0.05) is 47.9 Å². The average Bonchev–Trinajstić information content (AvgIpc) is 3.80. The van der Waals surface area contributed by atoms with E-state index in [1.807, 2.05) is 0 Å². The molecule has 0 amide bonds. The van der Waals surface area contributed by atoms with E-state index in [2.05, 4.69) is 180 Å². The first-order valence-electron chi connectivity index (χ1n) is 18.7. The quantitative estimate of drug-likeness (QED) is 0.175. The molecule has 0 fully saturated rings. The Hall–Kier alpha value is -7.02. The molecule has 0 unspecified atom stereocenters. The Labute approximate surface area is 320 Å². The van der Waals surface area contributed by atoms with Gasteiger partial charge in [0, 0.05) is 57.8 Å². The lowest BCUT2D eigenvalue weighted by atomic mass is 9.98. The number of aromatic nitrogens is 4. The maximum absolute atomic E-state index is 4.82. The van der Waals surface area contributed by atoms with Gasteiger partial charge in [0.05, 0.1) is 28.7 Å². The summed E-state index contributed by atoms with van der Waals surface area (Å²) in [6.07, 6.45) is 0. The van der Waals surface area contributed by atoms with Gasteiger partial charge in [0.25, 0.3) is 0 Å². The fourth-order valence-electron chi connectivity index (χ4n) is 7.76. The van der Waals surface area contributed by atoms with E-state index in [1.165, 1.54) is 44.8 Å². The number of H-pyrrole nitrogens is 2. The number of benzene rings is 6. The number of anilines is 2. The van der Waals surface area contributed by atoms with Crippen molar-refractivity contribution in [3.8, 4) is 46.5 Å². The van der Waals surface area contributed by atoms with Crippen LogP contribution < -0.4 is 9.80 Å². The summed E-state index contributed by atoms with van der Waals surface area (Å²) >= 11 is 0. The highest BCUT2D eigenvalue weighted by atomic mass is 15.4. The van der Waals surface area contributed by atoms with Crippen LogP contribution in [-0.2, 0) is 13.1 Å². The highest BCUT2D eigenvalue weighted by molar-refractivity contribution is 5.82. The number of fused-ring (bicyclic) bond motifs is 8. The van der Waals surface area contributed by atoms with Crippen LogP contribution in [-0.4, -0.2) is 26.6 Å². The van der Waals surface area contributed by atoms with Gasteiger partial charge in [0.1, 0.15) is 11.6 Å². The number of hydrogen-bond acceptors (Lipinski definition) is 4. The maximum Gasteiger partial charge on any atom is 0.138 e. The molecule has 0 aliphatic carbocycles. The summed E-state index contributed by atoms with van der Waals surface area (Å²) in [4.78, 5) is 21.5. The largest absolute Gasteiger partial charge is 0.349 e. The van der Waals surface area contributed by atoms with E-state index in [0.29, 0.717) is 0 Å². The van der Waals surface area contributed by atoms with Gasteiger partial charge in [-0.2, -0.15) is 0 Å². The average molecular weight is 711 g/mol. The molecule has 4 heterocycles. The Morgan fingerprint density at radius 1 is 0.455 bits per heavy atom. The first-order chi connectivity index (χ1) is 26.8. The van der Waals surface area contributed by atoms with Crippen molar-refractivity contribution in [2.45, 2.75) is 40.8 Å². The van der Waals surface area contributed by atoms with Gasteiger partial charge in [-0.25, -0.2) is 9.97 Å². The molecular formula is C49H38N6. The van der Waals surface area contributed by atoms with Crippen molar-refractivity contribution in [2.24, 2.45) is 0 Å². The summed E-state index contributed by atoms with van der Waals surface area (Å²) in [6.45, 7) is 11.1. The van der Waals surface area contributed by atoms with Crippen molar-refractivity contribution < 1.29 is 0 Å². The second kappa shape index (κ2) is 12.8. The lowest BCUT2D eigenvalue weighted by Gasteiger charge is -2.44. The molecule has 0 radical (unpaired) electrons. The number of aromatic amines is 2. The van der Waals surface area contributed by atoms with Crippen LogP contribution in [0.5, 0.6) is 0 Å². The van der Waals surface area contributed by atoms with Gasteiger partial charge in [-0.15, -0.1) is 0 Å². The van der Waals surface area contributed by atoms with Crippen LogP contribution >= 0.6 is 0 Å². The highest BCUT2D eigenvalue weighted by Crippen LogP contribution is 2.38. The van der Waals surface area contributed by atoms with Crippen LogP contribution in [0.1, 0.15) is 55.6 Å². The third kappa shape index (κ3) is 6.09. The zero-order valence-corrected chi connectivity index (χ0v) is 31.3. The standard InChI is InChI=1S/C49H38N6/c1-30-21-42-43(22-31(30)2)51-48(50-42)38-15-9-34(10-16-38)5-7-36-13-19-46-40(25-36)27-54-29-55(46)28-41-26-37(14-20-47(41)54)8-6-35-11-17-39(18-12-35)49-52-44-23-32(3)33(4)24-45(44)53-49/h9-26H,27-29H2,1-4H3,(H,50,51)(H,52,53). The monoisotopic (exact) mass is 710 g/mol. The zero-order valence-electron chi connectivity index (χ0n) is 31.3. The molecule has 0 spiro atoms. The van der Waals surface area contributed by atoms with E-state index in [4.69, 9.17) is 9.97 Å². The number of hydrogen-bond donors (Lipinski definition) is 2. The Bertz CT molecular complexity index is 2680. The van der Waals surface area contributed by atoms with E-state index < -0.39 is 0 Å². The first-order valence-corrected chi connectivity index (χ1v) is 18.7. The predicted molar refractivity (Wildman–Crippen MR) is 224 cm³/mol. The summed E-state index contributed by atoms with van der Waals surface area (Å²) in [7, 11) is 0. The van der Waals surface area contributed by atoms with Gasteiger partial charge >= 0.3 is 0 Å². The molecular weight excluding hydrogens is 673 g/mol. The van der Waals surface area contributed by atoms with Crippen molar-refractivity contribution in [3.05, 3.63) is 165 Å². The van der Waals surface area contributed by atoms with Crippen LogP contribution in [0.15, 0.2) is 109 Å². The summed E-state index contributed by atoms with van der Waals surface area (Å²) in [6, 6.07) is 38.5. The van der Waals surface area contributed by atoms with Gasteiger partial charge in [0.15, 0.2) is 0 Å². The molecule has 264 valence electrons. The summed E-state index contributed by atoms with van der Waals surface area (Å²) in [5.74, 6) is 15.3. The molecule has 10 rings (SSSR count). The van der Waals surface area contributed by atoms with Crippen molar-refractivity contribution >= 4 is 33.4 Å². The smallest absolute Gasteiger partial charge is 0.138 e. The van der Waals surface area contributed by atoms with Crippen molar-refractivity contribution in [2.75, 3.05) is 16.5 Å². The Morgan fingerprint density at radius 3 is 1.27 bits per heavy atom. The van der Waals surface area contributed by atoms with Gasteiger partial charge in [-0.05, 0) is 146 Å². The first kappa shape index (κ1) is 32.6. The van der Waals surface area contributed by atoms with Crippen molar-refractivity contribution in [1.29, 1.82) is 0 Å². The van der Waals surface area contributed by atoms with Crippen LogP contribution in [0.2, 0.25) is 0 Å². The van der Waals surface area contributed by atoms with Crippen LogP contribution in [0.4, 0.5) is 11.4 Å². The van der Waals surface area contributed by atoms with Gasteiger partial charge in [-0.3, -0.25) is 0 Å². The molecule has 0 atom stereocenters. The third-order valence-electron chi connectivity index (χ3n) is 11.1. The number of aryl methyl sites for hydroxylation is 4. The lowest BCUT2D eigenvalue weighted by molar-refractivity contribution is 0.650. The molecule has 0 saturated carbocycles. The van der Waals surface area contributed by atoms with Gasteiger partial charge in [0.2, 0.25) is 0 Å². The summed E-state index contributed by atoms with van der Waals surface area (Å²) in [5.41, 5.74) is 20.4. The van der Waals surface area contributed by atoms with Gasteiger partial charge < -0.3 is 19.8 Å². The summed E-state index contributed by atoms with van der Waals surface area (Å²) < 4.78 is 0. The second-order valence-corrected chi connectivity index (χ2v) is 15.0. The fraction of sp³-hybridized carbons (Fsp3) is 0.143. The molecule has 8 aromatic rings. The normalized spacial score (nSPS) is 12.9. The SMILES string of the molecule is Cc1cc2nc(-c3ccc(C#Cc4ccc5c(c4)CN4CN5Cc5cc(C#Cc6ccc(-c7nc8cc(C)c(C)cc8[nH]7)cc6)ccc54)cc3)[nH]c2cc1C. The van der Waals surface area contributed by atoms with Crippen LogP contribution in [0.3, 0.4) is 0 Å². The predicted octanol–water partition coefficient (Wildman–Crippen LogP) is 10.1. The molecule has 6 heteroatoms. The minimum atomic E-state index is 0.849. The maximum atomic E-state index is 4.82. The van der Waals surface area contributed by atoms with E-state index in [9.17, 15) is 0 Å². The molecule has 6 nitrogen and oxygen atoms in total. The van der Waals surface area contributed by atoms with Crippen molar-refractivity contribution in [3.63, 3.8) is 0 Å². The second-order valence-electron chi connectivity index (χ2n) is 15.0. The number of rotatable bonds is 2. The van der Waals surface area contributed by atoms with Crippen LogP contribution in [0, 0.1) is 51.4 Å². The topological polar surface area (TPSA) is 63.8 Å². The molecule has 2 aliphatic rings.